The van der Waals surface area contributed by atoms with Crippen molar-refractivity contribution in [3.8, 4) is 17.0 Å². The molecule has 0 aliphatic heterocycles. The van der Waals surface area contributed by atoms with Crippen molar-refractivity contribution < 1.29 is 14.3 Å². The summed E-state index contributed by atoms with van der Waals surface area (Å²) in [6.45, 7) is 2.17. The second kappa shape index (κ2) is 5.81. The zero-order valence-corrected chi connectivity index (χ0v) is 13.4. The summed E-state index contributed by atoms with van der Waals surface area (Å²) in [5.41, 5.74) is 1.79. The number of benzene rings is 1. The van der Waals surface area contributed by atoms with Gasteiger partial charge in [-0.3, -0.25) is 4.68 Å². The van der Waals surface area contributed by atoms with Crippen LogP contribution in [-0.2, 0) is 11.8 Å². The van der Waals surface area contributed by atoms with Crippen molar-refractivity contribution in [3.63, 3.8) is 0 Å². The third-order valence-electron chi connectivity index (χ3n) is 3.33. The predicted octanol–water partition coefficient (Wildman–Crippen LogP) is 3.49. The quantitative estimate of drug-likeness (QED) is 0.691. The predicted molar refractivity (Wildman–Crippen MR) is 86.5 cm³/mol. The van der Waals surface area contributed by atoms with Crippen LogP contribution in [0.2, 0.25) is 0 Å². The fraction of sp³-hybridized carbons (Fsp3) is 0.250. The molecule has 0 unspecified atom stereocenters. The first-order valence-corrected chi connectivity index (χ1v) is 7.73. The van der Waals surface area contributed by atoms with E-state index in [0.29, 0.717) is 11.5 Å². The number of ether oxygens (including phenoxy) is 2. The Kier molecular flexibility index (Phi) is 3.85. The Hall–Kier alpha value is -2.34. The van der Waals surface area contributed by atoms with Crippen LogP contribution in [-0.4, -0.2) is 29.5 Å². The molecule has 1 aromatic carbocycles. The van der Waals surface area contributed by atoms with Crippen molar-refractivity contribution in [3.05, 3.63) is 35.2 Å². The normalized spacial score (nSPS) is 10.9. The van der Waals surface area contributed by atoms with Gasteiger partial charge in [0.2, 0.25) is 0 Å². The van der Waals surface area contributed by atoms with E-state index in [4.69, 9.17) is 9.47 Å². The van der Waals surface area contributed by atoms with E-state index < -0.39 is 0 Å². The van der Waals surface area contributed by atoms with E-state index in [9.17, 15) is 4.79 Å². The van der Waals surface area contributed by atoms with Gasteiger partial charge >= 0.3 is 5.97 Å². The summed E-state index contributed by atoms with van der Waals surface area (Å²) in [7, 11) is 3.51. The van der Waals surface area contributed by atoms with Gasteiger partial charge in [0.15, 0.2) is 0 Å². The highest BCUT2D eigenvalue weighted by Crippen LogP contribution is 2.34. The summed E-state index contributed by atoms with van der Waals surface area (Å²) in [4.78, 5) is 13.4. The van der Waals surface area contributed by atoms with Crippen LogP contribution >= 0.6 is 11.3 Å². The molecule has 6 heteroatoms. The van der Waals surface area contributed by atoms with Gasteiger partial charge < -0.3 is 9.47 Å². The molecule has 0 fully saturated rings. The largest absolute Gasteiger partial charge is 0.497 e. The van der Waals surface area contributed by atoms with Crippen LogP contribution in [0.4, 0.5) is 0 Å². The number of thiophene rings is 1. The number of aryl methyl sites for hydroxylation is 1. The summed E-state index contributed by atoms with van der Waals surface area (Å²) in [5.74, 6) is 0.484. The maximum atomic E-state index is 11.9. The standard InChI is InChI=1S/C16H16N2O3S/c1-4-21-16(19)13-9-12-14(17-18(2)15(12)22-13)10-6-5-7-11(8-10)20-3/h5-9H,4H2,1-3H3. The van der Waals surface area contributed by atoms with E-state index in [0.717, 1.165) is 27.2 Å². The second-order valence-electron chi connectivity index (χ2n) is 4.75. The summed E-state index contributed by atoms with van der Waals surface area (Å²) >= 11 is 1.39. The molecule has 0 saturated heterocycles. The van der Waals surface area contributed by atoms with E-state index >= 15 is 0 Å². The lowest BCUT2D eigenvalue weighted by molar-refractivity contribution is 0.0532. The summed E-state index contributed by atoms with van der Waals surface area (Å²) in [6.07, 6.45) is 0. The van der Waals surface area contributed by atoms with Gasteiger partial charge in [0, 0.05) is 18.0 Å². The smallest absolute Gasteiger partial charge is 0.348 e. The molecule has 0 bridgehead atoms. The first-order valence-electron chi connectivity index (χ1n) is 6.92. The molecule has 0 aliphatic rings. The van der Waals surface area contributed by atoms with Crippen molar-refractivity contribution in [2.24, 2.45) is 7.05 Å². The number of aromatic nitrogens is 2. The molecule has 3 rings (SSSR count). The molecule has 22 heavy (non-hydrogen) atoms. The van der Waals surface area contributed by atoms with Gasteiger partial charge in [0.05, 0.1) is 13.7 Å². The number of rotatable bonds is 4. The van der Waals surface area contributed by atoms with Crippen LogP contribution < -0.4 is 4.74 Å². The third kappa shape index (κ3) is 2.46. The molecule has 0 amide bonds. The number of hydrogen-bond acceptors (Lipinski definition) is 5. The minimum absolute atomic E-state index is 0.291. The molecule has 114 valence electrons. The highest BCUT2D eigenvalue weighted by Gasteiger charge is 2.18. The Morgan fingerprint density at radius 1 is 1.36 bits per heavy atom. The number of nitrogens with zero attached hydrogens (tertiary/aromatic N) is 2. The zero-order valence-electron chi connectivity index (χ0n) is 12.6. The molecule has 2 heterocycles. The number of carbonyl (C=O) groups excluding carboxylic acids is 1. The first-order chi connectivity index (χ1) is 10.6. The SMILES string of the molecule is CCOC(=O)c1cc2c(-c3cccc(OC)c3)nn(C)c2s1. The van der Waals surface area contributed by atoms with E-state index in [2.05, 4.69) is 5.10 Å². The first kappa shape index (κ1) is 14.6. The molecule has 0 atom stereocenters. The number of hydrogen-bond donors (Lipinski definition) is 0. The van der Waals surface area contributed by atoms with Crippen LogP contribution in [0.5, 0.6) is 5.75 Å². The number of methoxy groups -OCH3 is 1. The fourth-order valence-corrected chi connectivity index (χ4v) is 3.29. The average molecular weight is 316 g/mol. The fourth-order valence-electron chi connectivity index (χ4n) is 2.33. The monoisotopic (exact) mass is 316 g/mol. The van der Waals surface area contributed by atoms with Crippen LogP contribution in [0.1, 0.15) is 16.6 Å². The molecular weight excluding hydrogens is 300 g/mol. The molecule has 0 radical (unpaired) electrons. The van der Waals surface area contributed by atoms with Gasteiger partial charge in [-0.1, -0.05) is 12.1 Å². The summed E-state index contributed by atoms with van der Waals surface area (Å²) < 4.78 is 12.1. The van der Waals surface area contributed by atoms with Crippen LogP contribution in [0.15, 0.2) is 30.3 Å². The van der Waals surface area contributed by atoms with Crippen LogP contribution in [0, 0.1) is 0 Å². The Morgan fingerprint density at radius 3 is 2.91 bits per heavy atom. The zero-order chi connectivity index (χ0) is 15.7. The molecule has 0 spiro atoms. The van der Waals surface area contributed by atoms with Crippen molar-refractivity contribution in [2.75, 3.05) is 13.7 Å². The van der Waals surface area contributed by atoms with Crippen molar-refractivity contribution >= 4 is 27.5 Å². The topological polar surface area (TPSA) is 53.4 Å². The van der Waals surface area contributed by atoms with E-state index in [1.54, 1.807) is 18.7 Å². The minimum Gasteiger partial charge on any atom is -0.497 e. The lowest BCUT2D eigenvalue weighted by Gasteiger charge is -2.02. The molecule has 2 aromatic heterocycles. The third-order valence-corrected chi connectivity index (χ3v) is 4.51. The Labute approximate surface area is 132 Å². The van der Waals surface area contributed by atoms with E-state index in [1.165, 1.54) is 11.3 Å². The van der Waals surface area contributed by atoms with Gasteiger partial charge in [-0.15, -0.1) is 11.3 Å². The van der Waals surface area contributed by atoms with Gasteiger partial charge in [-0.25, -0.2) is 4.79 Å². The number of fused-ring (bicyclic) bond motifs is 1. The van der Waals surface area contributed by atoms with Gasteiger partial charge in [0.25, 0.3) is 0 Å². The van der Waals surface area contributed by atoms with Crippen molar-refractivity contribution in [1.29, 1.82) is 0 Å². The molecule has 3 aromatic rings. The molecule has 0 aliphatic carbocycles. The van der Waals surface area contributed by atoms with E-state index in [1.807, 2.05) is 37.4 Å². The Bertz CT molecular complexity index is 835. The van der Waals surface area contributed by atoms with Gasteiger partial charge in [-0.05, 0) is 25.1 Å². The summed E-state index contributed by atoms with van der Waals surface area (Å²) in [6, 6.07) is 9.57. The lowest BCUT2D eigenvalue weighted by Crippen LogP contribution is -2.01. The Morgan fingerprint density at radius 2 is 2.18 bits per heavy atom. The average Bonchev–Trinajstić information content (AvgIpc) is 3.09. The highest BCUT2D eigenvalue weighted by atomic mass is 32.1. The summed E-state index contributed by atoms with van der Waals surface area (Å²) in [5, 5.41) is 5.51. The minimum atomic E-state index is -0.291. The maximum absolute atomic E-state index is 11.9. The maximum Gasteiger partial charge on any atom is 0.348 e. The van der Waals surface area contributed by atoms with Crippen molar-refractivity contribution in [2.45, 2.75) is 6.92 Å². The Balaban J connectivity index is 2.11. The molecular formula is C16H16N2O3S. The van der Waals surface area contributed by atoms with Crippen LogP contribution in [0.25, 0.3) is 21.5 Å². The molecule has 0 N–H and O–H groups in total. The number of carbonyl (C=O) groups is 1. The second-order valence-corrected chi connectivity index (χ2v) is 5.78. The number of esters is 1. The molecule has 5 nitrogen and oxygen atoms in total. The van der Waals surface area contributed by atoms with Crippen molar-refractivity contribution in [1.82, 2.24) is 9.78 Å². The lowest BCUT2D eigenvalue weighted by atomic mass is 10.1. The van der Waals surface area contributed by atoms with Gasteiger partial charge in [0.1, 0.15) is 21.2 Å². The van der Waals surface area contributed by atoms with Gasteiger partial charge in [-0.2, -0.15) is 5.10 Å². The highest BCUT2D eigenvalue weighted by molar-refractivity contribution is 7.20. The van der Waals surface area contributed by atoms with E-state index in [-0.39, 0.29) is 5.97 Å². The van der Waals surface area contributed by atoms with Crippen LogP contribution in [0.3, 0.4) is 0 Å². The molecule has 0 saturated carbocycles.